The summed E-state index contributed by atoms with van der Waals surface area (Å²) in [7, 11) is 12.8. The number of benzene rings is 4. The van der Waals surface area contributed by atoms with Crippen LogP contribution in [0, 0.1) is 0 Å². The van der Waals surface area contributed by atoms with E-state index in [0.29, 0.717) is 94.5 Å². The van der Waals surface area contributed by atoms with E-state index in [0.717, 1.165) is 45.3 Å². The van der Waals surface area contributed by atoms with E-state index in [9.17, 15) is 19.2 Å². The molecule has 376 valence electrons. The van der Waals surface area contributed by atoms with Gasteiger partial charge in [-0.25, -0.2) is 9.59 Å². The van der Waals surface area contributed by atoms with E-state index in [2.05, 4.69) is 15.1 Å². The first-order valence-electron chi connectivity index (χ1n) is 23.4. The number of hydrogen-bond acceptors (Lipinski definition) is 14. The van der Waals surface area contributed by atoms with E-state index in [1.54, 1.807) is 86.0 Å². The number of piperidine rings is 2. The van der Waals surface area contributed by atoms with E-state index in [-0.39, 0.29) is 37.0 Å². The Labute approximate surface area is 410 Å². The zero-order chi connectivity index (χ0) is 50.2. The highest BCUT2D eigenvalue weighted by atomic mass is 16.5. The number of nitrogens with zero attached hydrogens (tertiary/aromatic N) is 5. The number of likely N-dealkylation sites (N-methyl/N-ethyl adjacent to an activating group) is 1. The summed E-state index contributed by atoms with van der Waals surface area (Å²) in [4.78, 5) is 62.3. The molecule has 0 aliphatic carbocycles. The van der Waals surface area contributed by atoms with E-state index in [1.807, 2.05) is 55.5 Å². The zero-order valence-electron chi connectivity index (χ0n) is 41.8. The van der Waals surface area contributed by atoms with Crippen molar-refractivity contribution in [1.29, 1.82) is 0 Å². The van der Waals surface area contributed by atoms with Crippen LogP contribution in [0.2, 0.25) is 0 Å². The Morgan fingerprint density at radius 3 is 1.07 bits per heavy atom. The Kier molecular flexibility index (Phi) is 16.2. The van der Waals surface area contributed by atoms with Crippen molar-refractivity contribution >= 4 is 23.9 Å². The first-order valence-corrected chi connectivity index (χ1v) is 23.4. The topological polar surface area (TPSA) is 170 Å². The van der Waals surface area contributed by atoms with Crippen molar-refractivity contribution in [1.82, 2.24) is 29.8 Å². The predicted octanol–water partition coefficient (Wildman–Crippen LogP) is 6.35. The molecular formula is C52H66N6O12. The van der Waals surface area contributed by atoms with Gasteiger partial charge in [0.2, 0.25) is 0 Å². The summed E-state index contributed by atoms with van der Waals surface area (Å²) in [5.41, 5.74) is 2.03. The van der Waals surface area contributed by atoms with E-state index in [1.165, 1.54) is 9.80 Å². The number of urea groups is 2. The molecule has 1 N–H and O–H groups in total. The normalized spacial score (nSPS) is 17.6. The molecule has 2 spiro atoms. The second-order valence-corrected chi connectivity index (χ2v) is 17.8. The number of nitrogens with one attached hydrogen (secondary N) is 1. The number of imide groups is 2. The van der Waals surface area contributed by atoms with E-state index >= 15 is 0 Å². The zero-order valence-corrected chi connectivity index (χ0v) is 41.8. The van der Waals surface area contributed by atoms with Crippen molar-refractivity contribution < 1.29 is 57.1 Å². The summed E-state index contributed by atoms with van der Waals surface area (Å²) in [6.07, 6.45) is 2.28. The molecule has 0 saturated carbocycles. The van der Waals surface area contributed by atoms with Crippen LogP contribution in [0.1, 0.15) is 54.9 Å². The van der Waals surface area contributed by atoms with Gasteiger partial charge in [-0.2, -0.15) is 0 Å². The van der Waals surface area contributed by atoms with Crippen LogP contribution >= 0.6 is 0 Å². The monoisotopic (exact) mass is 966 g/mol. The number of methoxy groups -OCH3 is 8. The standard InChI is InChI=1S/C27H35N3O6.C25H31N3O6/c1-6-30-26(32)29(18-20-13-23(35-4)16-24(14-20)36-5)25(31)27(30)7-9-28(10-8-27)17-19-11-21(33-2)15-22(12-19)34-3;1-31-19-9-17(10-20(13-19)32-2)15-27-7-5-25(6-8-27)23(29)28(24(30)26-25)16-18-11-21(33-3)14-22(12-18)34-4/h11-16H,6-10,17-18H2,1-5H3;9-14H,5-8,15-16H2,1-4H3,(H,26,30). The van der Waals surface area contributed by atoms with Gasteiger partial charge in [0.05, 0.1) is 70.0 Å². The molecule has 18 heteroatoms. The maximum absolute atomic E-state index is 13.8. The third-order valence-electron chi connectivity index (χ3n) is 13.7. The third kappa shape index (κ3) is 10.9. The Morgan fingerprint density at radius 1 is 0.429 bits per heavy atom. The summed E-state index contributed by atoms with van der Waals surface area (Å²) >= 11 is 0. The number of amides is 6. The fourth-order valence-corrected chi connectivity index (χ4v) is 9.89. The molecule has 0 bridgehead atoms. The summed E-state index contributed by atoms with van der Waals surface area (Å²) in [6, 6.07) is 21.8. The van der Waals surface area contributed by atoms with Gasteiger partial charge < -0.3 is 48.1 Å². The maximum Gasteiger partial charge on any atom is 0.327 e. The van der Waals surface area contributed by atoms with Crippen LogP contribution in [0.15, 0.2) is 72.8 Å². The number of ether oxygens (including phenoxy) is 8. The fraction of sp³-hybridized carbons (Fsp3) is 0.462. The maximum atomic E-state index is 13.8. The number of carbonyl (C=O) groups excluding carboxylic acids is 4. The van der Waals surface area contributed by atoms with Crippen LogP contribution in [0.5, 0.6) is 46.0 Å². The van der Waals surface area contributed by atoms with Gasteiger partial charge in [0.25, 0.3) is 11.8 Å². The van der Waals surface area contributed by atoms with Gasteiger partial charge in [-0.15, -0.1) is 0 Å². The second-order valence-electron chi connectivity index (χ2n) is 17.8. The molecule has 8 rings (SSSR count). The molecule has 4 heterocycles. The van der Waals surface area contributed by atoms with Gasteiger partial charge in [0, 0.05) is 70.1 Å². The van der Waals surface area contributed by atoms with Crippen molar-refractivity contribution in [3.8, 4) is 46.0 Å². The van der Waals surface area contributed by atoms with Crippen LogP contribution < -0.4 is 43.2 Å². The molecule has 18 nitrogen and oxygen atoms in total. The largest absolute Gasteiger partial charge is 0.497 e. The van der Waals surface area contributed by atoms with Crippen molar-refractivity contribution in [2.24, 2.45) is 0 Å². The van der Waals surface area contributed by atoms with Crippen LogP contribution in [0.4, 0.5) is 9.59 Å². The lowest BCUT2D eigenvalue weighted by molar-refractivity contribution is -0.136. The lowest BCUT2D eigenvalue weighted by Gasteiger charge is -2.42. The van der Waals surface area contributed by atoms with E-state index < -0.39 is 11.1 Å². The molecule has 0 unspecified atom stereocenters. The summed E-state index contributed by atoms with van der Waals surface area (Å²) in [5, 5.41) is 2.98. The molecule has 4 fully saturated rings. The molecule has 70 heavy (non-hydrogen) atoms. The molecule has 0 radical (unpaired) electrons. The second kappa shape index (κ2) is 22.2. The molecule has 0 atom stereocenters. The van der Waals surface area contributed by atoms with Gasteiger partial charge in [-0.3, -0.25) is 29.2 Å². The smallest absolute Gasteiger partial charge is 0.327 e. The van der Waals surface area contributed by atoms with Crippen molar-refractivity contribution in [2.45, 2.75) is 69.9 Å². The number of likely N-dealkylation sites (tertiary alicyclic amines) is 2. The first kappa shape index (κ1) is 50.9. The Bertz CT molecular complexity index is 2430. The molecule has 4 saturated heterocycles. The highest BCUT2D eigenvalue weighted by molar-refractivity contribution is 6.07. The molecule has 6 amide bonds. The average Bonchev–Trinajstić information content (AvgIpc) is 3.72. The number of hydrogen-bond donors (Lipinski definition) is 1. The quantitative estimate of drug-likeness (QED) is 0.116. The lowest BCUT2D eigenvalue weighted by atomic mass is 9.85. The highest BCUT2D eigenvalue weighted by Crippen LogP contribution is 2.39. The highest BCUT2D eigenvalue weighted by Gasteiger charge is 2.57. The Morgan fingerprint density at radius 2 is 0.743 bits per heavy atom. The Hall–Kier alpha value is -6.92. The molecule has 4 aliphatic heterocycles. The van der Waals surface area contributed by atoms with Crippen molar-refractivity contribution in [3.05, 3.63) is 95.1 Å². The van der Waals surface area contributed by atoms with Crippen molar-refractivity contribution in [2.75, 3.05) is 89.6 Å². The van der Waals surface area contributed by atoms with Gasteiger partial charge in [-0.05, 0) is 103 Å². The van der Waals surface area contributed by atoms with Gasteiger partial charge in [0.15, 0.2) is 0 Å². The van der Waals surface area contributed by atoms with Crippen LogP contribution in [0.3, 0.4) is 0 Å². The van der Waals surface area contributed by atoms with Crippen molar-refractivity contribution in [3.63, 3.8) is 0 Å². The minimum absolute atomic E-state index is 0.126. The number of rotatable bonds is 17. The molecule has 4 aromatic carbocycles. The lowest BCUT2D eigenvalue weighted by Crippen LogP contribution is -2.56. The summed E-state index contributed by atoms with van der Waals surface area (Å²) < 4.78 is 42.9. The molecule has 4 aliphatic rings. The molecular weight excluding hydrogens is 901 g/mol. The van der Waals surface area contributed by atoms with Crippen LogP contribution in [-0.4, -0.2) is 149 Å². The van der Waals surface area contributed by atoms with E-state index in [4.69, 9.17) is 37.9 Å². The minimum Gasteiger partial charge on any atom is -0.497 e. The Balaban J connectivity index is 0.000000207. The first-order chi connectivity index (χ1) is 33.8. The average molecular weight is 967 g/mol. The van der Waals surface area contributed by atoms with Gasteiger partial charge in [-0.1, -0.05) is 0 Å². The molecule has 0 aromatic heterocycles. The van der Waals surface area contributed by atoms with Crippen LogP contribution in [0.25, 0.3) is 0 Å². The molecule has 4 aromatic rings. The number of carbonyl (C=O) groups is 4. The predicted molar refractivity (Wildman–Crippen MR) is 260 cm³/mol. The SMILES string of the molecule is CCN1C(=O)N(Cc2cc(OC)cc(OC)c2)C(=O)C12CCN(Cc1cc(OC)cc(OC)c1)CC2.COc1cc(CN2CCC3(CC2)NC(=O)N(Cc2cc(OC)cc(OC)c2)C3=O)cc(OC)c1. The summed E-state index contributed by atoms with van der Waals surface area (Å²) in [5.74, 6) is 5.13. The third-order valence-corrected chi connectivity index (χ3v) is 13.7. The fourth-order valence-electron chi connectivity index (χ4n) is 9.89. The van der Waals surface area contributed by atoms with Gasteiger partial charge >= 0.3 is 12.1 Å². The van der Waals surface area contributed by atoms with Gasteiger partial charge in [0.1, 0.15) is 57.1 Å². The van der Waals surface area contributed by atoms with Crippen LogP contribution in [-0.2, 0) is 35.8 Å². The minimum atomic E-state index is -0.859. The summed E-state index contributed by atoms with van der Waals surface area (Å²) in [6.45, 7) is 6.95.